The van der Waals surface area contributed by atoms with Crippen LogP contribution in [0, 0.1) is 5.82 Å². The molecule has 0 spiro atoms. The molecule has 0 aliphatic heterocycles. The first-order valence-electron chi connectivity index (χ1n) is 2.81. The molecule has 0 amide bonds. The lowest BCUT2D eigenvalue weighted by Crippen LogP contribution is -1.84. The summed E-state index contributed by atoms with van der Waals surface area (Å²) in [5.74, 6) is -0.288. The van der Waals surface area contributed by atoms with E-state index in [2.05, 4.69) is 15.9 Å². The average Bonchev–Trinajstić information content (AvgIpc) is 1.99. The Labute approximate surface area is 76.5 Å². The first kappa shape index (κ1) is 10.8. The van der Waals surface area contributed by atoms with Crippen molar-refractivity contribution in [2.45, 2.75) is 0 Å². The van der Waals surface area contributed by atoms with Crippen molar-refractivity contribution in [3.05, 3.63) is 28.5 Å². The van der Waals surface area contributed by atoms with Gasteiger partial charge in [0.2, 0.25) is 0 Å². The number of anilines is 1. The summed E-state index contributed by atoms with van der Waals surface area (Å²) in [6, 6.07) is 4.36. The molecule has 1 rings (SSSR count). The summed E-state index contributed by atoms with van der Waals surface area (Å²) in [5.41, 5.74) is 5.89. The molecule has 5 heteroatoms. The molecule has 0 fully saturated rings. The van der Waals surface area contributed by atoms with Crippen LogP contribution in [-0.4, -0.2) is 6.15 Å². The molecule has 0 bridgehead atoms. The zero-order valence-electron chi connectivity index (χ0n) is 5.88. The maximum Gasteiger partial charge on any atom is 0.373 e. The first-order valence-corrected chi connectivity index (χ1v) is 3.61. The van der Waals surface area contributed by atoms with Crippen molar-refractivity contribution in [2.24, 2.45) is 0 Å². The minimum atomic E-state index is -0.288. The van der Waals surface area contributed by atoms with E-state index >= 15 is 0 Å². The number of benzene rings is 1. The Kier molecular flexibility index (Phi) is 4.92. The minimum Gasteiger partial charge on any atom is -0.399 e. The van der Waals surface area contributed by atoms with Crippen LogP contribution in [0.4, 0.5) is 10.1 Å². The second kappa shape index (κ2) is 5.46. The van der Waals surface area contributed by atoms with Gasteiger partial charge in [0.05, 0.1) is 4.47 Å². The first-order chi connectivity index (χ1) is 5.61. The molecule has 0 unspecified atom stereocenters. The molecule has 1 aromatic rings. The lowest BCUT2D eigenvalue weighted by atomic mass is 10.3. The van der Waals surface area contributed by atoms with Gasteiger partial charge in [-0.2, -0.15) is 9.59 Å². The van der Waals surface area contributed by atoms with E-state index in [0.29, 0.717) is 10.2 Å². The van der Waals surface area contributed by atoms with E-state index in [0.717, 1.165) is 0 Å². The van der Waals surface area contributed by atoms with Crippen LogP contribution in [0.1, 0.15) is 0 Å². The zero-order valence-corrected chi connectivity index (χ0v) is 7.47. The highest BCUT2D eigenvalue weighted by molar-refractivity contribution is 9.10. The maximum atomic E-state index is 12.4. The lowest BCUT2D eigenvalue weighted by molar-refractivity contribution is -0.191. The number of halogens is 2. The monoisotopic (exact) mass is 233 g/mol. The Morgan fingerprint density at radius 1 is 1.42 bits per heavy atom. The molecule has 3 nitrogen and oxygen atoms in total. The van der Waals surface area contributed by atoms with Gasteiger partial charge >= 0.3 is 6.15 Å². The average molecular weight is 234 g/mol. The topological polar surface area (TPSA) is 60.2 Å². The van der Waals surface area contributed by atoms with Crippen LogP contribution in [0.25, 0.3) is 0 Å². The third-order valence-electron chi connectivity index (χ3n) is 0.944. The highest BCUT2D eigenvalue weighted by Gasteiger charge is 1.95. The fraction of sp³-hybridized carbons (Fsp3) is 0. The van der Waals surface area contributed by atoms with E-state index in [1.165, 1.54) is 18.2 Å². The molecule has 0 heterocycles. The van der Waals surface area contributed by atoms with Gasteiger partial charge in [0.1, 0.15) is 5.82 Å². The standard InChI is InChI=1S/C6H5BrFN.CO2/c7-5-3-4(9)1-2-6(5)8;2-1-3/h1-3H,9H2;. The maximum absolute atomic E-state index is 12.4. The summed E-state index contributed by atoms with van der Waals surface area (Å²) >= 11 is 2.99. The van der Waals surface area contributed by atoms with Crippen LogP contribution in [0.2, 0.25) is 0 Å². The summed E-state index contributed by atoms with van der Waals surface area (Å²) in [6.07, 6.45) is 0.250. The normalized spacial score (nSPS) is 7.83. The van der Waals surface area contributed by atoms with Crippen molar-refractivity contribution in [1.29, 1.82) is 0 Å². The van der Waals surface area contributed by atoms with Crippen LogP contribution in [-0.2, 0) is 9.59 Å². The molecule has 64 valence electrons. The molecule has 2 N–H and O–H groups in total. The van der Waals surface area contributed by atoms with Gasteiger partial charge in [-0.1, -0.05) is 0 Å². The third kappa shape index (κ3) is 3.85. The van der Waals surface area contributed by atoms with Gasteiger partial charge in [-0.05, 0) is 34.1 Å². The zero-order chi connectivity index (χ0) is 9.56. The number of hydrogen-bond donors (Lipinski definition) is 1. The summed E-state index contributed by atoms with van der Waals surface area (Å²) in [6.45, 7) is 0. The predicted molar refractivity (Wildman–Crippen MR) is 43.5 cm³/mol. The van der Waals surface area contributed by atoms with Crippen molar-refractivity contribution < 1.29 is 14.0 Å². The van der Waals surface area contributed by atoms with Crippen LogP contribution < -0.4 is 5.73 Å². The van der Waals surface area contributed by atoms with E-state index in [1.807, 2.05) is 0 Å². The number of rotatable bonds is 0. The van der Waals surface area contributed by atoms with E-state index in [-0.39, 0.29) is 12.0 Å². The Morgan fingerprint density at radius 3 is 2.25 bits per heavy atom. The van der Waals surface area contributed by atoms with Crippen molar-refractivity contribution in [3.63, 3.8) is 0 Å². The van der Waals surface area contributed by atoms with Gasteiger partial charge in [0, 0.05) is 5.69 Å². The van der Waals surface area contributed by atoms with Crippen LogP contribution in [0.5, 0.6) is 0 Å². The van der Waals surface area contributed by atoms with Gasteiger partial charge in [0.25, 0.3) is 0 Å². The van der Waals surface area contributed by atoms with E-state index in [9.17, 15) is 4.39 Å². The van der Waals surface area contributed by atoms with E-state index in [1.54, 1.807) is 0 Å². The number of hydrogen-bond acceptors (Lipinski definition) is 3. The van der Waals surface area contributed by atoms with Gasteiger partial charge in [0.15, 0.2) is 0 Å². The fourth-order valence-corrected chi connectivity index (χ4v) is 0.909. The Balaban J connectivity index is 0.000000354. The van der Waals surface area contributed by atoms with Gasteiger partial charge in [-0.25, -0.2) is 4.39 Å². The largest absolute Gasteiger partial charge is 0.399 e. The molecule has 1 aromatic carbocycles. The molecular weight excluding hydrogens is 229 g/mol. The van der Waals surface area contributed by atoms with Gasteiger partial charge < -0.3 is 5.73 Å². The summed E-state index contributed by atoms with van der Waals surface area (Å²) in [5, 5.41) is 0. The molecule has 0 radical (unpaired) electrons. The van der Waals surface area contributed by atoms with Gasteiger partial charge in [-0.3, -0.25) is 0 Å². The van der Waals surface area contributed by atoms with Crippen LogP contribution >= 0.6 is 15.9 Å². The molecule has 0 aromatic heterocycles. The lowest BCUT2D eigenvalue weighted by Gasteiger charge is -1.93. The SMILES string of the molecule is Nc1ccc(F)c(Br)c1.O=C=O. The summed E-state index contributed by atoms with van der Waals surface area (Å²) in [7, 11) is 0. The Hall–Kier alpha value is -1.19. The summed E-state index contributed by atoms with van der Waals surface area (Å²) in [4.78, 5) is 16.2. The van der Waals surface area contributed by atoms with E-state index in [4.69, 9.17) is 15.3 Å². The Morgan fingerprint density at radius 2 is 1.92 bits per heavy atom. The highest BCUT2D eigenvalue weighted by Crippen LogP contribution is 2.17. The van der Waals surface area contributed by atoms with Crippen LogP contribution in [0.15, 0.2) is 22.7 Å². The van der Waals surface area contributed by atoms with Crippen molar-refractivity contribution in [2.75, 3.05) is 5.73 Å². The number of nitrogen functional groups attached to an aromatic ring is 1. The molecule has 0 saturated heterocycles. The molecule has 0 atom stereocenters. The number of nitrogens with two attached hydrogens (primary N) is 1. The smallest absolute Gasteiger partial charge is 0.373 e. The second-order valence-corrected chi connectivity index (χ2v) is 2.61. The summed E-state index contributed by atoms with van der Waals surface area (Å²) < 4.78 is 12.8. The third-order valence-corrected chi connectivity index (χ3v) is 1.55. The minimum absolute atomic E-state index is 0.250. The highest BCUT2D eigenvalue weighted by atomic mass is 79.9. The Bertz CT molecular complexity index is 297. The van der Waals surface area contributed by atoms with Crippen molar-refractivity contribution in [3.8, 4) is 0 Å². The van der Waals surface area contributed by atoms with Gasteiger partial charge in [-0.15, -0.1) is 0 Å². The van der Waals surface area contributed by atoms with Crippen molar-refractivity contribution in [1.82, 2.24) is 0 Å². The van der Waals surface area contributed by atoms with Crippen LogP contribution in [0.3, 0.4) is 0 Å². The fourth-order valence-electron chi connectivity index (χ4n) is 0.512. The molecular formula is C7H5BrFNO2. The quantitative estimate of drug-likeness (QED) is 0.693. The number of carbonyl (C=O) groups excluding carboxylic acids is 2. The molecule has 0 aliphatic carbocycles. The van der Waals surface area contributed by atoms with E-state index < -0.39 is 0 Å². The van der Waals surface area contributed by atoms with Crippen molar-refractivity contribution >= 4 is 27.8 Å². The molecule has 0 aliphatic rings. The molecule has 0 saturated carbocycles. The second-order valence-electron chi connectivity index (χ2n) is 1.76. The predicted octanol–water partition coefficient (Wildman–Crippen LogP) is 1.59. The molecule has 12 heavy (non-hydrogen) atoms.